The van der Waals surface area contributed by atoms with E-state index >= 15 is 0 Å². The molecule has 0 aromatic rings. The van der Waals surface area contributed by atoms with Crippen molar-refractivity contribution >= 4 is 17.6 Å². The number of aliphatic carboxylic acids is 1. The van der Waals surface area contributed by atoms with Gasteiger partial charge in [0.15, 0.2) is 0 Å². The summed E-state index contributed by atoms with van der Waals surface area (Å²) in [6, 6.07) is 0. The molecule has 1 saturated heterocycles. The van der Waals surface area contributed by atoms with E-state index in [1.807, 2.05) is 0 Å². The summed E-state index contributed by atoms with van der Waals surface area (Å²) in [7, 11) is 0. The van der Waals surface area contributed by atoms with Crippen molar-refractivity contribution in [2.24, 2.45) is 11.3 Å². The van der Waals surface area contributed by atoms with E-state index < -0.39 is 11.3 Å². The van der Waals surface area contributed by atoms with Gasteiger partial charge >= 0.3 is 5.97 Å². The molecule has 1 heterocycles. The van der Waals surface area contributed by atoms with E-state index in [4.69, 9.17) is 16.7 Å². The Labute approximate surface area is 109 Å². The SMILES string of the molecule is CC(C)(C)C1CCCN(CC(Cl)C(=O)O)CC1. The van der Waals surface area contributed by atoms with Crippen LogP contribution in [0.1, 0.15) is 40.0 Å². The lowest BCUT2D eigenvalue weighted by atomic mass is 9.77. The molecular weight excluding hydrogens is 238 g/mol. The molecule has 1 aliphatic rings. The number of carboxylic acid groups (broad SMARTS) is 1. The molecule has 1 N–H and O–H groups in total. The number of hydrogen-bond donors (Lipinski definition) is 1. The molecule has 4 heteroatoms. The molecule has 0 amide bonds. The van der Waals surface area contributed by atoms with Crippen LogP contribution < -0.4 is 0 Å². The third kappa shape index (κ3) is 4.84. The van der Waals surface area contributed by atoms with E-state index in [-0.39, 0.29) is 0 Å². The van der Waals surface area contributed by atoms with Gasteiger partial charge in [-0.2, -0.15) is 0 Å². The monoisotopic (exact) mass is 261 g/mol. The minimum atomic E-state index is -0.914. The molecule has 1 aliphatic heterocycles. The first-order valence-electron chi connectivity index (χ1n) is 6.40. The Morgan fingerprint density at radius 2 is 2.06 bits per heavy atom. The van der Waals surface area contributed by atoms with Crippen LogP contribution in [0.3, 0.4) is 0 Å². The van der Waals surface area contributed by atoms with E-state index in [0.717, 1.165) is 31.8 Å². The molecule has 0 saturated carbocycles. The number of hydrogen-bond acceptors (Lipinski definition) is 2. The fourth-order valence-corrected chi connectivity index (χ4v) is 2.70. The molecule has 2 unspecified atom stereocenters. The highest BCUT2D eigenvalue weighted by Gasteiger charge is 2.28. The quantitative estimate of drug-likeness (QED) is 0.795. The number of alkyl halides is 1. The average molecular weight is 262 g/mol. The minimum absolute atomic E-state index is 0.350. The van der Waals surface area contributed by atoms with Crippen molar-refractivity contribution in [1.29, 1.82) is 0 Å². The number of carbonyl (C=O) groups is 1. The Morgan fingerprint density at radius 3 is 2.59 bits per heavy atom. The van der Waals surface area contributed by atoms with Gasteiger partial charge in [0.25, 0.3) is 0 Å². The number of carboxylic acids is 1. The largest absolute Gasteiger partial charge is 0.480 e. The Bertz CT molecular complexity index is 263. The molecule has 2 atom stereocenters. The maximum atomic E-state index is 10.7. The van der Waals surface area contributed by atoms with E-state index in [1.54, 1.807) is 0 Å². The molecule has 0 aromatic carbocycles. The topological polar surface area (TPSA) is 40.5 Å². The Kier molecular flexibility index (Phi) is 5.26. The summed E-state index contributed by atoms with van der Waals surface area (Å²) < 4.78 is 0. The molecule has 17 heavy (non-hydrogen) atoms. The standard InChI is InChI=1S/C13H24ClNO2/c1-13(2,3)10-5-4-7-15(8-6-10)9-11(14)12(16)17/h10-11H,4-9H2,1-3H3,(H,16,17). The summed E-state index contributed by atoms with van der Waals surface area (Å²) in [5.41, 5.74) is 0.350. The summed E-state index contributed by atoms with van der Waals surface area (Å²) in [6.45, 7) is 9.27. The summed E-state index contributed by atoms with van der Waals surface area (Å²) in [6.07, 6.45) is 3.53. The van der Waals surface area contributed by atoms with Gasteiger partial charge in [0.2, 0.25) is 0 Å². The Balaban J connectivity index is 2.45. The summed E-state index contributed by atoms with van der Waals surface area (Å²) in [4.78, 5) is 12.9. The van der Waals surface area contributed by atoms with Gasteiger partial charge in [-0.05, 0) is 43.7 Å². The van der Waals surface area contributed by atoms with Crippen molar-refractivity contribution in [1.82, 2.24) is 4.90 Å². The molecule has 0 spiro atoms. The van der Waals surface area contributed by atoms with Crippen LogP contribution in [0.4, 0.5) is 0 Å². The van der Waals surface area contributed by atoms with Crippen LogP contribution in [0.15, 0.2) is 0 Å². The second-order valence-electron chi connectivity index (χ2n) is 6.10. The molecular formula is C13H24ClNO2. The van der Waals surface area contributed by atoms with Gasteiger partial charge < -0.3 is 10.0 Å². The number of rotatable bonds is 3. The predicted octanol–water partition coefficient (Wildman–Crippen LogP) is 2.83. The summed E-state index contributed by atoms with van der Waals surface area (Å²) in [5.74, 6) is -0.186. The molecule has 100 valence electrons. The van der Waals surface area contributed by atoms with Crippen LogP contribution >= 0.6 is 11.6 Å². The second kappa shape index (κ2) is 6.05. The molecule has 1 fully saturated rings. The van der Waals surface area contributed by atoms with E-state index in [1.165, 1.54) is 6.42 Å². The van der Waals surface area contributed by atoms with Crippen molar-refractivity contribution in [3.05, 3.63) is 0 Å². The highest BCUT2D eigenvalue weighted by Crippen LogP contribution is 2.34. The predicted molar refractivity (Wildman–Crippen MR) is 70.5 cm³/mol. The van der Waals surface area contributed by atoms with Gasteiger partial charge in [-0.25, -0.2) is 0 Å². The third-order valence-electron chi connectivity index (χ3n) is 3.73. The van der Waals surface area contributed by atoms with Gasteiger partial charge in [-0.15, -0.1) is 11.6 Å². The zero-order valence-electron chi connectivity index (χ0n) is 11.1. The van der Waals surface area contributed by atoms with Crippen LogP contribution in [0.5, 0.6) is 0 Å². The van der Waals surface area contributed by atoms with Crippen LogP contribution in [0.2, 0.25) is 0 Å². The van der Waals surface area contributed by atoms with Crippen molar-refractivity contribution in [2.75, 3.05) is 19.6 Å². The first-order valence-corrected chi connectivity index (χ1v) is 6.83. The number of likely N-dealkylation sites (tertiary alicyclic amines) is 1. The fraction of sp³-hybridized carbons (Fsp3) is 0.923. The van der Waals surface area contributed by atoms with Crippen molar-refractivity contribution in [2.45, 2.75) is 45.4 Å². The smallest absolute Gasteiger partial charge is 0.322 e. The number of nitrogens with zero attached hydrogens (tertiary/aromatic N) is 1. The lowest BCUT2D eigenvalue weighted by Crippen LogP contribution is -2.35. The van der Waals surface area contributed by atoms with Crippen LogP contribution in [-0.2, 0) is 4.79 Å². The first-order chi connectivity index (χ1) is 7.80. The third-order valence-corrected chi connectivity index (χ3v) is 4.06. The van der Waals surface area contributed by atoms with E-state index in [2.05, 4.69) is 25.7 Å². The number of halogens is 1. The normalized spacial score (nSPS) is 25.3. The van der Waals surface area contributed by atoms with Gasteiger partial charge in [-0.3, -0.25) is 4.79 Å². The minimum Gasteiger partial charge on any atom is -0.480 e. The maximum absolute atomic E-state index is 10.7. The zero-order chi connectivity index (χ0) is 13.1. The maximum Gasteiger partial charge on any atom is 0.322 e. The van der Waals surface area contributed by atoms with E-state index in [0.29, 0.717) is 12.0 Å². The second-order valence-corrected chi connectivity index (χ2v) is 6.63. The van der Waals surface area contributed by atoms with Crippen LogP contribution in [-0.4, -0.2) is 41.0 Å². The van der Waals surface area contributed by atoms with Gasteiger partial charge in [0, 0.05) is 6.54 Å². The average Bonchev–Trinajstić information content (AvgIpc) is 2.42. The molecule has 0 radical (unpaired) electrons. The molecule has 0 aliphatic carbocycles. The molecule has 0 aromatic heterocycles. The van der Waals surface area contributed by atoms with Gasteiger partial charge in [0.1, 0.15) is 5.38 Å². The fourth-order valence-electron chi connectivity index (χ4n) is 2.51. The molecule has 1 rings (SSSR count). The molecule has 3 nitrogen and oxygen atoms in total. The zero-order valence-corrected chi connectivity index (χ0v) is 11.8. The van der Waals surface area contributed by atoms with Crippen molar-refractivity contribution < 1.29 is 9.90 Å². The van der Waals surface area contributed by atoms with Crippen LogP contribution in [0.25, 0.3) is 0 Å². The highest BCUT2D eigenvalue weighted by molar-refractivity contribution is 6.29. The molecule has 0 bridgehead atoms. The van der Waals surface area contributed by atoms with Gasteiger partial charge in [0.05, 0.1) is 0 Å². The Morgan fingerprint density at radius 1 is 1.41 bits per heavy atom. The van der Waals surface area contributed by atoms with Crippen molar-refractivity contribution in [3.8, 4) is 0 Å². The lowest BCUT2D eigenvalue weighted by molar-refractivity contribution is -0.136. The highest BCUT2D eigenvalue weighted by atomic mass is 35.5. The summed E-state index contributed by atoms with van der Waals surface area (Å²) >= 11 is 5.79. The van der Waals surface area contributed by atoms with Crippen molar-refractivity contribution in [3.63, 3.8) is 0 Å². The van der Waals surface area contributed by atoms with Gasteiger partial charge in [-0.1, -0.05) is 20.8 Å². The van der Waals surface area contributed by atoms with E-state index in [9.17, 15) is 4.79 Å². The Hall–Kier alpha value is -0.280. The van der Waals surface area contributed by atoms with Crippen LogP contribution in [0, 0.1) is 11.3 Å². The summed E-state index contributed by atoms with van der Waals surface area (Å²) in [5, 5.41) is 8.03. The lowest BCUT2D eigenvalue weighted by Gasteiger charge is -2.29. The first kappa shape index (κ1) is 14.8.